The first-order valence-corrected chi connectivity index (χ1v) is 7.28. The van der Waals surface area contributed by atoms with Gasteiger partial charge in [0.2, 0.25) is 0 Å². The molecule has 0 aromatic heterocycles. The molecule has 2 atom stereocenters. The van der Waals surface area contributed by atoms with Crippen molar-refractivity contribution in [2.24, 2.45) is 0 Å². The lowest BCUT2D eigenvalue weighted by molar-refractivity contribution is 0.0572. The van der Waals surface area contributed by atoms with E-state index in [0.29, 0.717) is 18.1 Å². The average molecular weight is 299 g/mol. The van der Waals surface area contributed by atoms with Gasteiger partial charge in [0.15, 0.2) is 0 Å². The molecule has 1 aromatic rings. The Morgan fingerprint density at radius 1 is 1.25 bits per heavy atom. The fraction of sp³-hybridized carbons (Fsp3) is 0.600. The van der Waals surface area contributed by atoms with Crippen LogP contribution in [0.25, 0.3) is 0 Å². The number of β-amino-alcohol motifs (C(OH)–C–C–N with tert-alkyl or cyclic N) is 2. The molecular formula is C15H23ClN2O2. The normalized spacial score (nSPS) is 23.4. The Morgan fingerprint density at radius 2 is 1.85 bits per heavy atom. The summed E-state index contributed by atoms with van der Waals surface area (Å²) in [7, 11) is 0. The van der Waals surface area contributed by atoms with Crippen LogP contribution in [-0.4, -0.2) is 41.0 Å². The highest BCUT2D eigenvalue weighted by molar-refractivity contribution is 6.33. The Bertz CT molecular complexity index is 463. The highest BCUT2D eigenvalue weighted by atomic mass is 35.5. The number of nitrogens with one attached hydrogen (secondary N) is 1. The van der Waals surface area contributed by atoms with E-state index < -0.39 is 12.2 Å². The third-order valence-corrected chi connectivity index (χ3v) is 3.74. The second kappa shape index (κ2) is 5.90. The second-order valence-electron chi connectivity index (χ2n) is 6.43. The number of nitrogens with zero attached hydrogens (tertiary/aromatic N) is 1. The molecule has 0 aliphatic carbocycles. The van der Waals surface area contributed by atoms with Gasteiger partial charge in [-0.05, 0) is 38.5 Å². The molecule has 2 rings (SSSR count). The molecule has 2 unspecified atom stereocenters. The van der Waals surface area contributed by atoms with Crippen LogP contribution >= 0.6 is 11.6 Å². The van der Waals surface area contributed by atoms with E-state index in [1.807, 2.05) is 23.1 Å². The minimum atomic E-state index is -0.701. The highest BCUT2D eigenvalue weighted by Gasteiger charge is 2.30. The zero-order valence-corrected chi connectivity index (χ0v) is 13.0. The zero-order valence-electron chi connectivity index (χ0n) is 12.2. The predicted molar refractivity (Wildman–Crippen MR) is 82.3 cm³/mol. The lowest BCUT2D eigenvalue weighted by Crippen LogP contribution is -2.35. The number of hydrogen-bond donors (Lipinski definition) is 3. The number of benzene rings is 1. The molecule has 1 heterocycles. The highest BCUT2D eigenvalue weighted by Crippen LogP contribution is 2.30. The van der Waals surface area contributed by atoms with Crippen molar-refractivity contribution in [2.75, 3.05) is 18.0 Å². The molecule has 0 radical (unpaired) electrons. The SMILES string of the molecule is CC(C)(C)NCc1ccc(N2CC(O)C(O)C2)c(Cl)c1. The average Bonchev–Trinajstić information content (AvgIpc) is 2.66. The topological polar surface area (TPSA) is 55.7 Å². The van der Waals surface area contributed by atoms with E-state index in [0.717, 1.165) is 17.8 Å². The Balaban J connectivity index is 2.07. The van der Waals surface area contributed by atoms with E-state index in [4.69, 9.17) is 11.6 Å². The van der Waals surface area contributed by atoms with Gasteiger partial charge < -0.3 is 20.4 Å². The van der Waals surface area contributed by atoms with Crippen molar-refractivity contribution in [1.29, 1.82) is 0 Å². The second-order valence-corrected chi connectivity index (χ2v) is 6.84. The first-order chi connectivity index (χ1) is 9.26. The number of hydrogen-bond acceptors (Lipinski definition) is 4. The van der Waals surface area contributed by atoms with E-state index in [-0.39, 0.29) is 5.54 Å². The van der Waals surface area contributed by atoms with Crippen LogP contribution in [0.3, 0.4) is 0 Å². The Kier molecular flexibility index (Phi) is 4.59. The molecule has 1 aromatic carbocycles. The van der Waals surface area contributed by atoms with Crippen LogP contribution in [0.15, 0.2) is 18.2 Å². The molecule has 5 heteroatoms. The van der Waals surface area contributed by atoms with Gasteiger partial charge in [-0.1, -0.05) is 17.7 Å². The number of anilines is 1. The van der Waals surface area contributed by atoms with E-state index in [2.05, 4.69) is 26.1 Å². The van der Waals surface area contributed by atoms with Crippen molar-refractivity contribution in [1.82, 2.24) is 5.32 Å². The summed E-state index contributed by atoms with van der Waals surface area (Å²) < 4.78 is 0. The summed E-state index contributed by atoms with van der Waals surface area (Å²) in [5, 5.41) is 23.3. The lowest BCUT2D eigenvalue weighted by atomic mass is 10.1. The summed E-state index contributed by atoms with van der Waals surface area (Å²) in [6.45, 7) is 7.96. The van der Waals surface area contributed by atoms with Gasteiger partial charge in [0.1, 0.15) is 0 Å². The molecule has 20 heavy (non-hydrogen) atoms. The van der Waals surface area contributed by atoms with Gasteiger partial charge >= 0.3 is 0 Å². The van der Waals surface area contributed by atoms with E-state index in [9.17, 15) is 10.2 Å². The molecule has 1 aliphatic heterocycles. The van der Waals surface area contributed by atoms with Crippen LogP contribution in [0, 0.1) is 0 Å². The minimum Gasteiger partial charge on any atom is -0.389 e. The molecule has 1 aliphatic rings. The first kappa shape index (κ1) is 15.6. The quantitative estimate of drug-likeness (QED) is 0.796. The van der Waals surface area contributed by atoms with E-state index in [1.54, 1.807) is 0 Å². The van der Waals surface area contributed by atoms with Crippen molar-refractivity contribution >= 4 is 17.3 Å². The molecule has 1 saturated heterocycles. The summed E-state index contributed by atoms with van der Waals surface area (Å²) in [5.74, 6) is 0. The van der Waals surface area contributed by atoms with Crippen LogP contribution in [-0.2, 0) is 6.54 Å². The Labute approximate surface area is 125 Å². The van der Waals surface area contributed by atoms with Crippen LogP contribution in [0.4, 0.5) is 5.69 Å². The monoisotopic (exact) mass is 298 g/mol. The van der Waals surface area contributed by atoms with Crippen molar-refractivity contribution in [3.63, 3.8) is 0 Å². The van der Waals surface area contributed by atoms with E-state index >= 15 is 0 Å². The van der Waals surface area contributed by atoms with E-state index in [1.165, 1.54) is 0 Å². The first-order valence-electron chi connectivity index (χ1n) is 6.91. The fourth-order valence-electron chi connectivity index (χ4n) is 2.25. The smallest absolute Gasteiger partial charge is 0.0990 e. The standard InChI is InChI=1S/C15H23ClN2O2/c1-15(2,3)17-7-10-4-5-12(11(16)6-10)18-8-13(19)14(20)9-18/h4-6,13-14,17,19-20H,7-9H2,1-3H3. The minimum absolute atomic E-state index is 0.0638. The predicted octanol–water partition coefficient (Wildman–Crippen LogP) is 1.77. The molecule has 112 valence electrons. The maximum absolute atomic E-state index is 9.60. The van der Waals surface area contributed by atoms with Crippen LogP contribution in [0.1, 0.15) is 26.3 Å². The maximum Gasteiger partial charge on any atom is 0.0990 e. The zero-order chi connectivity index (χ0) is 14.9. The Hall–Kier alpha value is -0.810. The van der Waals surface area contributed by atoms with Gasteiger partial charge in [0.25, 0.3) is 0 Å². The van der Waals surface area contributed by atoms with Gasteiger partial charge in [0.05, 0.1) is 22.9 Å². The lowest BCUT2D eigenvalue weighted by Gasteiger charge is -2.22. The van der Waals surface area contributed by atoms with Gasteiger partial charge in [-0.3, -0.25) is 0 Å². The van der Waals surface area contributed by atoms with Crippen molar-refractivity contribution in [3.05, 3.63) is 28.8 Å². The fourth-order valence-corrected chi connectivity index (χ4v) is 2.57. The molecule has 0 bridgehead atoms. The summed E-state index contributed by atoms with van der Waals surface area (Å²) in [6, 6.07) is 5.91. The third-order valence-electron chi connectivity index (χ3n) is 3.43. The largest absolute Gasteiger partial charge is 0.389 e. The third kappa shape index (κ3) is 3.85. The van der Waals surface area contributed by atoms with Crippen molar-refractivity contribution in [2.45, 2.75) is 45.1 Å². The molecule has 3 N–H and O–H groups in total. The van der Waals surface area contributed by atoms with Gasteiger partial charge in [-0.15, -0.1) is 0 Å². The maximum atomic E-state index is 9.60. The molecule has 0 saturated carbocycles. The van der Waals surface area contributed by atoms with Crippen LogP contribution < -0.4 is 10.2 Å². The molecular weight excluding hydrogens is 276 g/mol. The summed E-state index contributed by atoms with van der Waals surface area (Å²) in [5.41, 5.74) is 2.05. The van der Waals surface area contributed by atoms with Gasteiger partial charge in [-0.2, -0.15) is 0 Å². The van der Waals surface area contributed by atoms with Crippen molar-refractivity contribution in [3.8, 4) is 0 Å². The Morgan fingerprint density at radius 3 is 2.35 bits per heavy atom. The molecule has 0 amide bonds. The number of halogens is 1. The number of aliphatic hydroxyl groups is 2. The summed E-state index contributed by atoms with van der Waals surface area (Å²) in [6.07, 6.45) is -1.40. The number of rotatable bonds is 3. The summed E-state index contributed by atoms with van der Waals surface area (Å²) in [4.78, 5) is 1.92. The van der Waals surface area contributed by atoms with Crippen LogP contribution in [0.2, 0.25) is 5.02 Å². The van der Waals surface area contributed by atoms with Crippen molar-refractivity contribution < 1.29 is 10.2 Å². The van der Waals surface area contributed by atoms with Gasteiger partial charge in [-0.25, -0.2) is 0 Å². The molecule has 0 spiro atoms. The summed E-state index contributed by atoms with van der Waals surface area (Å²) >= 11 is 6.32. The number of aliphatic hydroxyl groups excluding tert-OH is 2. The molecule has 1 fully saturated rings. The van der Waals surface area contributed by atoms with Gasteiger partial charge in [0, 0.05) is 25.2 Å². The molecule has 4 nitrogen and oxygen atoms in total. The van der Waals surface area contributed by atoms with Crippen LogP contribution in [0.5, 0.6) is 0 Å².